The highest BCUT2D eigenvalue weighted by Gasteiger charge is 2.19. The first kappa shape index (κ1) is 21.8. The van der Waals surface area contributed by atoms with E-state index in [4.69, 9.17) is 19.1 Å². The lowest BCUT2D eigenvalue weighted by Gasteiger charge is -2.16. The summed E-state index contributed by atoms with van der Waals surface area (Å²) in [5.74, 6) is 1.17. The van der Waals surface area contributed by atoms with E-state index < -0.39 is 8.07 Å². The first-order chi connectivity index (χ1) is 16.9. The van der Waals surface area contributed by atoms with Crippen molar-refractivity contribution in [2.75, 3.05) is 6.61 Å². The number of para-hydroxylation sites is 2. The molecule has 3 heterocycles. The molecule has 3 aromatic carbocycles. The number of aromatic amines is 1. The zero-order valence-electron chi connectivity index (χ0n) is 20.1. The molecule has 0 aliphatic carbocycles. The van der Waals surface area contributed by atoms with E-state index >= 15 is 0 Å². The van der Waals surface area contributed by atoms with Gasteiger partial charge in [-0.25, -0.2) is 9.97 Å². The Labute approximate surface area is 203 Å². The molecule has 6 rings (SSSR count). The average molecular weight is 482 g/mol. The van der Waals surface area contributed by atoms with Gasteiger partial charge in [0.1, 0.15) is 12.2 Å². The summed E-state index contributed by atoms with van der Waals surface area (Å²) < 4.78 is 14.4. The highest BCUT2D eigenvalue weighted by molar-refractivity contribution is 6.76. The van der Waals surface area contributed by atoms with Gasteiger partial charge >= 0.3 is 0 Å². The third-order valence-electron chi connectivity index (χ3n) is 6.23. The fourth-order valence-corrected chi connectivity index (χ4v) is 4.98. The van der Waals surface area contributed by atoms with Crippen LogP contribution >= 0.6 is 0 Å². The molecule has 0 radical (unpaired) electrons. The maximum atomic E-state index is 6.26. The van der Waals surface area contributed by atoms with Crippen LogP contribution in [0.25, 0.3) is 55.9 Å². The zero-order chi connectivity index (χ0) is 24.0. The Kier molecular flexibility index (Phi) is 5.27. The summed E-state index contributed by atoms with van der Waals surface area (Å²) in [5, 5.41) is 8.24. The van der Waals surface area contributed by atoms with Crippen molar-refractivity contribution < 1.29 is 9.15 Å². The Hall–Kier alpha value is -3.75. The maximum absolute atomic E-state index is 6.26. The number of H-pyrrole nitrogens is 1. The third-order valence-corrected chi connectivity index (χ3v) is 7.93. The number of ether oxygens (including phenoxy) is 1. The number of hydrogen-bond donors (Lipinski definition) is 1. The van der Waals surface area contributed by atoms with Crippen molar-refractivity contribution in [2.45, 2.75) is 32.4 Å². The van der Waals surface area contributed by atoms with Crippen LogP contribution in [0.15, 0.2) is 71.3 Å². The number of imidazole rings is 1. The predicted octanol–water partition coefficient (Wildman–Crippen LogP) is 6.70. The van der Waals surface area contributed by atoms with Gasteiger partial charge in [-0.1, -0.05) is 50.0 Å². The molecule has 7 nitrogen and oxygen atoms in total. The van der Waals surface area contributed by atoms with Crippen molar-refractivity contribution in [1.82, 2.24) is 24.7 Å². The van der Waals surface area contributed by atoms with Gasteiger partial charge in [0.2, 0.25) is 0 Å². The smallest absolute Gasteiger partial charge is 0.264 e. The summed E-state index contributed by atoms with van der Waals surface area (Å²) in [7, 11) is -1.16. The monoisotopic (exact) mass is 481 g/mol. The first-order valence-electron chi connectivity index (χ1n) is 11.8. The minimum Gasteiger partial charge on any atom is -0.434 e. The van der Waals surface area contributed by atoms with Crippen LogP contribution in [0, 0.1) is 0 Å². The number of nitrogens with zero attached hydrogens (tertiary/aromatic N) is 4. The number of rotatable bonds is 7. The van der Waals surface area contributed by atoms with Crippen LogP contribution in [0.5, 0.6) is 0 Å². The van der Waals surface area contributed by atoms with Crippen LogP contribution in [0.4, 0.5) is 0 Å². The van der Waals surface area contributed by atoms with Gasteiger partial charge in [-0.05, 0) is 47.5 Å². The summed E-state index contributed by atoms with van der Waals surface area (Å²) in [5.41, 5.74) is 6.57. The van der Waals surface area contributed by atoms with Crippen molar-refractivity contribution >= 4 is 41.1 Å². The molecule has 3 aromatic heterocycles. The fourth-order valence-electron chi connectivity index (χ4n) is 4.22. The second kappa shape index (κ2) is 8.48. The van der Waals surface area contributed by atoms with Crippen LogP contribution in [-0.4, -0.2) is 39.4 Å². The van der Waals surface area contributed by atoms with Crippen molar-refractivity contribution in [1.29, 1.82) is 0 Å². The second-order valence-corrected chi connectivity index (χ2v) is 15.7. The number of fused-ring (bicyclic) bond motifs is 3. The van der Waals surface area contributed by atoms with Gasteiger partial charge in [0, 0.05) is 20.1 Å². The quantitative estimate of drug-likeness (QED) is 0.203. The lowest BCUT2D eigenvalue weighted by atomic mass is 10.0. The van der Waals surface area contributed by atoms with Gasteiger partial charge in [0.25, 0.3) is 5.89 Å². The van der Waals surface area contributed by atoms with Gasteiger partial charge in [-0.2, -0.15) is 5.10 Å². The molecule has 0 saturated carbocycles. The predicted molar refractivity (Wildman–Crippen MR) is 142 cm³/mol. The van der Waals surface area contributed by atoms with Crippen LogP contribution in [-0.2, 0) is 11.5 Å². The summed E-state index contributed by atoms with van der Waals surface area (Å²) in [6, 6.07) is 21.5. The Morgan fingerprint density at radius 1 is 0.943 bits per heavy atom. The maximum Gasteiger partial charge on any atom is 0.264 e. The number of aromatic nitrogens is 5. The van der Waals surface area contributed by atoms with Crippen molar-refractivity contribution in [3.8, 4) is 22.8 Å². The molecular weight excluding hydrogens is 454 g/mol. The molecule has 35 heavy (non-hydrogen) atoms. The lowest BCUT2D eigenvalue weighted by Crippen LogP contribution is -2.22. The molecule has 0 aliphatic heterocycles. The minimum absolute atomic E-state index is 0.411. The molecule has 8 heteroatoms. The molecule has 0 aliphatic rings. The normalized spacial score (nSPS) is 12.3. The van der Waals surface area contributed by atoms with E-state index in [1.807, 2.05) is 36.5 Å². The molecular formula is C27H27N5O2Si. The molecule has 1 N–H and O–H groups in total. The lowest BCUT2D eigenvalue weighted by molar-refractivity contribution is 0.0906. The zero-order valence-corrected chi connectivity index (χ0v) is 21.1. The number of benzene rings is 3. The van der Waals surface area contributed by atoms with Crippen molar-refractivity contribution in [2.24, 2.45) is 0 Å². The van der Waals surface area contributed by atoms with Crippen LogP contribution in [0.3, 0.4) is 0 Å². The van der Waals surface area contributed by atoms with Gasteiger partial charge < -0.3 is 9.15 Å². The second-order valence-electron chi connectivity index (χ2n) is 10.1. The molecule has 0 atom stereocenters. The number of nitrogens with one attached hydrogen (secondary N) is 1. The minimum atomic E-state index is -1.16. The SMILES string of the molecule is C[Si](C)(C)CCOCn1c(-c2nc3ccc(-c4ccc5cn[nH]c5c4)cc3o2)nc2ccccc21. The van der Waals surface area contributed by atoms with Gasteiger partial charge in [0.05, 0.1) is 22.7 Å². The Balaban J connectivity index is 1.36. The Bertz CT molecular complexity index is 1660. The highest BCUT2D eigenvalue weighted by Crippen LogP contribution is 2.31. The van der Waals surface area contributed by atoms with Crippen LogP contribution in [0.1, 0.15) is 0 Å². The number of oxazole rings is 1. The summed E-state index contributed by atoms with van der Waals surface area (Å²) in [6.07, 6.45) is 1.83. The van der Waals surface area contributed by atoms with E-state index in [1.165, 1.54) is 0 Å². The molecule has 0 saturated heterocycles. The molecule has 0 fully saturated rings. The average Bonchev–Trinajstić information content (AvgIpc) is 3.56. The summed E-state index contributed by atoms with van der Waals surface area (Å²) in [6.45, 7) is 8.21. The van der Waals surface area contributed by atoms with E-state index in [9.17, 15) is 0 Å². The fraction of sp³-hybridized carbons (Fsp3) is 0.222. The third kappa shape index (κ3) is 4.26. The van der Waals surface area contributed by atoms with Crippen molar-refractivity contribution in [3.05, 3.63) is 66.9 Å². The molecule has 0 spiro atoms. The van der Waals surface area contributed by atoms with Crippen LogP contribution in [0.2, 0.25) is 25.7 Å². The van der Waals surface area contributed by atoms with Gasteiger partial charge in [-0.3, -0.25) is 9.67 Å². The largest absolute Gasteiger partial charge is 0.434 e. The van der Waals surface area contributed by atoms with E-state index in [-0.39, 0.29) is 0 Å². The summed E-state index contributed by atoms with van der Waals surface area (Å²) >= 11 is 0. The van der Waals surface area contributed by atoms with E-state index in [0.29, 0.717) is 18.4 Å². The van der Waals surface area contributed by atoms with Gasteiger partial charge in [0.15, 0.2) is 11.4 Å². The van der Waals surface area contributed by atoms with E-state index in [1.54, 1.807) is 0 Å². The molecule has 176 valence electrons. The van der Waals surface area contributed by atoms with E-state index in [0.717, 1.165) is 56.8 Å². The summed E-state index contributed by atoms with van der Waals surface area (Å²) in [4.78, 5) is 9.61. The highest BCUT2D eigenvalue weighted by atomic mass is 28.3. The molecule has 0 bridgehead atoms. The topological polar surface area (TPSA) is 81.8 Å². The Morgan fingerprint density at radius 3 is 2.66 bits per heavy atom. The van der Waals surface area contributed by atoms with Crippen LogP contribution < -0.4 is 0 Å². The molecule has 0 unspecified atom stereocenters. The first-order valence-corrected chi connectivity index (χ1v) is 15.5. The van der Waals surface area contributed by atoms with Crippen molar-refractivity contribution in [3.63, 3.8) is 0 Å². The number of hydrogen-bond acceptors (Lipinski definition) is 5. The van der Waals surface area contributed by atoms with Gasteiger partial charge in [-0.15, -0.1) is 0 Å². The Morgan fingerprint density at radius 2 is 1.77 bits per heavy atom. The standard InChI is InChI=1S/C27H27N5O2Si/c1-35(2,3)13-12-33-17-32-24-7-5-4-6-21(24)29-26(32)27-30-22-11-10-19(15-25(22)34-27)18-8-9-20-16-28-31-23(20)14-18/h4-11,14-16H,12-13,17H2,1-3H3,(H,28,31). The molecule has 6 aromatic rings. The van der Waals surface area contributed by atoms with E-state index in [2.05, 4.69) is 64.7 Å². The molecule has 0 amide bonds.